The van der Waals surface area contributed by atoms with Crippen LogP contribution in [0.4, 0.5) is 5.69 Å². The van der Waals surface area contributed by atoms with Crippen molar-refractivity contribution < 1.29 is 0 Å². The summed E-state index contributed by atoms with van der Waals surface area (Å²) in [5.74, 6) is 0. The van der Waals surface area contributed by atoms with Crippen LogP contribution < -0.4 is 5.32 Å². The fourth-order valence-corrected chi connectivity index (χ4v) is 1.96. The zero-order valence-corrected chi connectivity index (χ0v) is 10.3. The summed E-state index contributed by atoms with van der Waals surface area (Å²) in [6.07, 6.45) is 1.83. The van der Waals surface area contributed by atoms with Crippen molar-refractivity contribution in [2.75, 3.05) is 5.32 Å². The summed E-state index contributed by atoms with van der Waals surface area (Å²) >= 11 is 0. The van der Waals surface area contributed by atoms with Gasteiger partial charge in [0.1, 0.15) is 0 Å². The molecule has 0 radical (unpaired) electrons. The Morgan fingerprint density at radius 1 is 1.11 bits per heavy atom. The van der Waals surface area contributed by atoms with Crippen LogP contribution in [0.5, 0.6) is 0 Å². The van der Waals surface area contributed by atoms with Gasteiger partial charge in [0.2, 0.25) is 0 Å². The van der Waals surface area contributed by atoms with Crippen LogP contribution in [-0.2, 0) is 6.54 Å². The van der Waals surface area contributed by atoms with E-state index in [1.807, 2.05) is 6.20 Å². The third-order valence-electron chi connectivity index (χ3n) is 3.06. The summed E-state index contributed by atoms with van der Waals surface area (Å²) in [5.41, 5.74) is 4.74. The van der Waals surface area contributed by atoms with Gasteiger partial charge in [-0.15, -0.1) is 0 Å². The Balaban J connectivity index is 1.74. The van der Waals surface area contributed by atoms with Gasteiger partial charge in [0.15, 0.2) is 0 Å². The summed E-state index contributed by atoms with van der Waals surface area (Å²) in [6, 6.07) is 14.8. The normalized spacial score (nSPS) is 10.7. The summed E-state index contributed by atoms with van der Waals surface area (Å²) in [4.78, 5) is 0. The van der Waals surface area contributed by atoms with Crippen LogP contribution in [0.25, 0.3) is 10.9 Å². The first-order chi connectivity index (χ1) is 8.81. The van der Waals surface area contributed by atoms with Gasteiger partial charge in [-0.1, -0.05) is 29.8 Å². The highest BCUT2D eigenvalue weighted by Crippen LogP contribution is 2.17. The first-order valence-electron chi connectivity index (χ1n) is 6.04. The number of aromatic nitrogens is 2. The largest absolute Gasteiger partial charge is 0.381 e. The van der Waals surface area contributed by atoms with E-state index in [0.717, 1.165) is 23.1 Å². The average Bonchev–Trinajstić information content (AvgIpc) is 2.85. The van der Waals surface area contributed by atoms with Crippen LogP contribution in [0.2, 0.25) is 0 Å². The quantitative estimate of drug-likeness (QED) is 0.732. The molecule has 0 saturated carbocycles. The lowest BCUT2D eigenvalue weighted by Gasteiger charge is -2.06. The lowest BCUT2D eigenvalue weighted by molar-refractivity contribution is 1.12. The highest BCUT2D eigenvalue weighted by Gasteiger charge is 1.98. The van der Waals surface area contributed by atoms with Crippen molar-refractivity contribution in [2.45, 2.75) is 13.5 Å². The minimum absolute atomic E-state index is 0.833. The maximum Gasteiger partial charge on any atom is 0.0670 e. The van der Waals surface area contributed by atoms with Crippen LogP contribution >= 0.6 is 0 Å². The number of anilines is 1. The fraction of sp³-hybridized carbons (Fsp3) is 0.133. The molecule has 0 bridgehead atoms. The number of aryl methyl sites for hydroxylation is 1. The third-order valence-corrected chi connectivity index (χ3v) is 3.06. The van der Waals surface area contributed by atoms with E-state index in [1.165, 1.54) is 11.1 Å². The average molecular weight is 237 g/mol. The van der Waals surface area contributed by atoms with E-state index in [0.29, 0.717) is 0 Å². The predicted molar refractivity (Wildman–Crippen MR) is 74.6 cm³/mol. The standard InChI is InChI=1S/C15H15N3/c1-11-2-4-12(5-3-11)9-16-14-7-6-13-10-17-18-15(13)8-14/h2-8,10,16H,9H2,1H3,(H,17,18). The van der Waals surface area contributed by atoms with E-state index < -0.39 is 0 Å². The molecule has 0 aliphatic heterocycles. The predicted octanol–water partition coefficient (Wildman–Crippen LogP) is 3.48. The lowest BCUT2D eigenvalue weighted by Crippen LogP contribution is -1.98. The number of nitrogens with one attached hydrogen (secondary N) is 2. The fourth-order valence-electron chi connectivity index (χ4n) is 1.96. The summed E-state index contributed by atoms with van der Waals surface area (Å²) in [6.45, 7) is 2.93. The second kappa shape index (κ2) is 4.53. The number of rotatable bonds is 3. The minimum atomic E-state index is 0.833. The van der Waals surface area contributed by atoms with E-state index in [2.05, 4.69) is 64.9 Å². The second-order valence-corrected chi connectivity index (χ2v) is 4.51. The molecule has 1 aromatic heterocycles. The van der Waals surface area contributed by atoms with Gasteiger partial charge in [-0.05, 0) is 30.7 Å². The number of hydrogen-bond acceptors (Lipinski definition) is 2. The molecule has 0 fully saturated rings. The molecule has 0 unspecified atom stereocenters. The SMILES string of the molecule is Cc1ccc(CNc2ccc3cn[nH]c3c2)cc1. The molecule has 0 saturated heterocycles. The maximum absolute atomic E-state index is 4.02. The molecule has 3 nitrogen and oxygen atoms in total. The summed E-state index contributed by atoms with van der Waals surface area (Å²) in [7, 11) is 0. The molecule has 0 amide bonds. The molecular formula is C15H15N3. The zero-order valence-electron chi connectivity index (χ0n) is 10.3. The van der Waals surface area contributed by atoms with E-state index in [-0.39, 0.29) is 0 Å². The molecule has 3 heteroatoms. The molecule has 0 aliphatic carbocycles. The Hall–Kier alpha value is -2.29. The Kier molecular flexibility index (Phi) is 2.73. The van der Waals surface area contributed by atoms with Crippen molar-refractivity contribution in [1.82, 2.24) is 10.2 Å². The number of fused-ring (bicyclic) bond motifs is 1. The van der Waals surface area contributed by atoms with Crippen LogP contribution in [0, 0.1) is 6.92 Å². The van der Waals surface area contributed by atoms with Gasteiger partial charge in [-0.3, -0.25) is 5.10 Å². The highest BCUT2D eigenvalue weighted by molar-refractivity contribution is 5.81. The van der Waals surface area contributed by atoms with Crippen molar-refractivity contribution in [1.29, 1.82) is 0 Å². The number of aromatic amines is 1. The zero-order chi connectivity index (χ0) is 12.4. The number of H-pyrrole nitrogens is 1. The molecule has 18 heavy (non-hydrogen) atoms. The van der Waals surface area contributed by atoms with Crippen molar-refractivity contribution in [3.8, 4) is 0 Å². The number of benzene rings is 2. The molecule has 2 aromatic carbocycles. The van der Waals surface area contributed by atoms with E-state index >= 15 is 0 Å². The van der Waals surface area contributed by atoms with E-state index in [1.54, 1.807) is 0 Å². The maximum atomic E-state index is 4.02. The molecule has 0 aliphatic rings. The van der Waals surface area contributed by atoms with Crippen LogP contribution in [0.1, 0.15) is 11.1 Å². The van der Waals surface area contributed by atoms with Crippen molar-refractivity contribution in [3.05, 3.63) is 59.8 Å². The molecule has 90 valence electrons. The van der Waals surface area contributed by atoms with Crippen molar-refractivity contribution in [2.24, 2.45) is 0 Å². The second-order valence-electron chi connectivity index (χ2n) is 4.51. The lowest BCUT2D eigenvalue weighted by atomic mass is 10.1. The molecule has 0 spiro atoms. The van der Waals surface area contributed by atoms with Gasteiger partial charge in [-0.25, -0.2) is 0 Å². The van der Waals surface area contributed by atoms with Gasteiger partial charge in [0.25, 0.3) is 0 Å². The van der Waals surface area contributed by atoms with Gasteiger partial charge in [0.05, 0.1) is 11.7 Å². The molecule has 2 N–H and O–H groups in total. The Bertz CT molecular complexity index is 653. The Labute approximate surface area is 106 Å². The van der Waals surface area contributed by atoms with Crippen LogP contribution in [0.3, 0.4) is 0 Å². The Morgan fingerprint density at radius 3 is 2.78 bits per heavy atom. The topological polar surface area (TPSA) is 40.7 Å². The van der Waals surface area contributed by atoms with E-state index in [9.17, 15) is 0 Å². The van der Waals surface area contributed by atoms with E-state index in [4.69, 9.17) is 0 Å². The summed E-state index contributed by atoms with van der Waals surface area (Å²) in [5, 5.41) is 11.5. The molecule has 3 aromatic rings. The van der Waals surface area contributed by atoms with Gasteiger partial charge in [-0.2, -0.15) is 5.10 Å². The molecule has 1 heterocycles. The molecule has 0 atom stereocenters. The molecular weight excluding hydrogens is 222 g/mol. The van der Waals surface area contributed by atoms with Crippen molar-refractivity contribution >= 4 is 16.6 Å². The van der Waals surface area contributed by atoms with Crippen molar-refractivity contribution in [3.63, 3.8) is 0 Å². The molecule has 3 rings (SSSR count). The minimum Gasteiger partial charge on any atom is -0.381 e. The monoisotopic (exact) mass is 237 g/mol. The van der Waals surface area contributed by atoms with Gasteiger partial charge < -0.3 is 5.32 Å². The van der Waals surface area contributed by atoms with Crippen LogP contribution in [-0.4, -0.2) is 10.2 Å². The highest BCUT2D eigenvalue weighted by atomic mass is 15.1. The smallest absolute Gasteiger partial charge is 0.0670 e. The number of nitrogens with zero attached hydrogens (tertiary/aromatic N) is 1. The summed E-state index contributed by atoms with van der Waals surface area (Å²) < 4.78 is 0. The first-order valence-corrected chi connectivity index (χ1v) is 6.04. The van der Waals surface area contributed by atoms with Crippen LogP contribution in [0.15, 0.2) is 48.7 Å². The number of hydrogen-bond donors (Lipinski definition) is 2. The Morgan fingerprint density at radius 2 is 1.94 bits per heavy atom. The van der Waals surface area contributed by atoms with Gasteiger partial charge in [0, 0.05) is 17.6 Å². The van der Waals surface area contributed by atoms with Gasteiger partial charge >= 0.3 is 0 Å². The first kappa shape index (κ1) is 10.8. The third kappa shape index (κ3) is 2.20.